The molecule has 110 valence electrons. The summed E-state index contributed by atoms with van der Waals surface area (Å²) in [6.07, 6.45) is -13.7. The van der Waals surface area contributed by atoms with Crippen LogP contribution in [0.25, 0.3) is 0 Å². The van der Waals surface area contributed by atoms with Gasteiger partial charge in [0.2, 0.25) is 0 Å². The van der Waals surface area contributed by atoms with E-state index in [2.05, 4.69) is 10.1 Å². The average Bonchev–Trinajstić information content (AvgIpc) is 2.59. The van der Waals surface area contributed by atoms with Crippen molar-refractivity contribution in [3.63, 3.8) is 0 Å². The largest absolute Gasteiger partial charge is 0.403 e. The van der Waals surface area contributed by atoms with E-state index in [0.29, 0.717) is 0 Å². The monoisotopic (exact) mass is 291 g/mol. The van der Waals surface area contributed by atoms with Crippen LogP contribution in [0.4, 0.5) is 26.3 Å². The average molecular weight is 291 g/mol. The minimum Gasteiger partial charge on any atom is -0.392 e. The quantitative estimate of drug-likeness (QED) is 0.863. The molecule has 0 fully saturated rings. The van der Waals surface area contributed by atoms with Crippen molar-refractivity contribution >= 4 is 0 Å². The Morgan fingerprint density at radius 3 is 2.16 bits per heavy atom. The molecule has 0 aromatic carbocycles. The molecule has 1 aromatic heterocycles. The van der Waals surface area contributed by atoms with Crippen molar-refractivity contribution < 1.29 is 31.4 Å². The van der Waals surface area contributed by atoms with E-state index in [1.165, 1.54) is 0 Å². The molecule has 1 aromatic rings. The maximum atomic E-state index is 12.4. The van der Waals surface area contributed by atoms with Crippen molar-refractivity contribution in [1.29, 1.82) is 0 Å². The fourth-order valence-electron chi connectivity index (χ4n) is 1.64. The van der Waals surface area contributed by atoms with Gasteiger partial charge < -0.3 is 5.11 Å². The first kappa shape index (κ1) is 15.7. The number of aryl methyl sites for hydroxylation is 1. The predicted molar refractivity (Wildman–Crippen MR) is 51.0 cm³/mol. The van der Waals surface area contributed by atoms with Gasteiger partial charge in [0.15, 0.2) is 5.92 Å². The maximum absolute atomic E-state index is 12.4. The van der Waals surface area contributed by atoms with E-state index >= 15 is 0 Å². The van der Waals surface area contributed by atoms with Gasteiger partial charge in [-0.3, -0.25) is 4.68 Å². The molecule has 1 rings (SSSR count). The van der Waals surface area contributed by atoms with E-state index in [4.69, 9.17) is 0 Å². The van der Waals surface area contributed by atoms with Crippen LogP contribution in [-0.2, 0) is 13.0 Å². The minimum absolute atomic E-state index is 0.131. The lowest BCUT2D eigenvalue weighted by Crippen LogP contribution is -2.46. The summed E-state index contributed by atoms with van der Waals surface area (Å²) in [5, 5.41) is 12.9. The number of aliphatic hydroxyl groups excluding tert-OH is 1. The van der Waals surface area contributed by atoms with Gasteiger partial charge in [-0.1, -0.05) is 0 Å². The van der Waals surface area contributed by atoms with Gasteiger partial charge >= 0.3 is 12.4 Å². The lowest BCUT2D eigenvalue weighted by molar-refractivity contribution is -0.306. The highest BCUT2D eigenvalue weighted by atomic mass is 19.4. The van der Waals surface area contributed by atoms with Gasteiger partial charge in [-0.2, -0.15) is 31.4 Å². The van der Waals surface area contributed by atoms with E-state index in [1.807, 2.05) is 0 Å². The number of rotatable bonds is 4. The van der Waals surface area contributed by atoms with Crippen LogP contribution in [-0.4, -0.2) is 38.3 Å². The van der Waals surface area contributed by atoms with Crippen molar-refractivity contribution in [3.05, 3.63) is 12.2 Å². The number of halogens is 6. The number of hydrogen-bond acceptors (Lipinski definition) is 3. The molecule has 0 saturated heterocycles. The van der Waals surface area contributed by atoms with Crippen LogP contribution in [0.2, 0.25) is 0 Å². The molecule has 19 heavy (non-hydrogen) atoms. The zero-order chi connectivity index (χ0) is 14.8. The molecule has 4 nitrogen and oxygen atoms in total. The number of aliphatic hydroxyl groups is 1. The molecule has 0 amide bonds. The minimum atomic E-state index is -5.57. The Kier molecular flexibility index (Phi) is 4.43. The summed E-state index contributed by atoms with van der Waals surface area (Å²) in [5.74, 6) is -3.93. The molecule has 0 aliphatic rings. The third-order valence-corrected chi connectivity index (χ3v) is 2.48. The fourth-order valence-corrected chi connectivity index (χ4v) is 1.64. The second kappa shape index (κ2) is 5.35. The highest BCUT2D eigenvalue weighted by Gasteiger charge is 2.60. The van der Waals surface area contributed by atoms with Gasteiger partial charge in [-0.15, -0.1) is 0 Å². The molecule has 1 unspecified atom stereocenters. The Hall–Kier alpha value is -1.32. The Bertz CT molecular complexity index is 399. The van der Waals surface area contributed by atoms with Crippen LogP contribution in [0.5, 0.6) is 0 Å². The van der Waals surface area contributed by atoms with Crippen LogP contribution >= 0.6 is 0 Å². The van der Waals surface area contributed by atoms with E-state index in [-0.39, 0.29) is 12.4 Å². The standard InChI is InChI=1S/C9H11F6N3O/c1-2-18-6(16-4-17-18)3-5(19)7(8(10,11)12)9(13,14)15/h4-5,7,19H,2-3H2,1H3. The fraction of sp³-hybridized carbons (Fsp3) is 0.778. The van der Waals surface area contributed by atoms with E-state index in [1.54, 1.807) is 6.92 Å². The third-order valence-electron chi connectivity index (χ3n) is 2.48. The SMILES string of the molecule is CCn1ncnc1CC(O)C(C(F)(F)F)C(F)(F)F. The Labute approximate surface area is 104 Å². The van der Waals surface area contributed by atoms with Crippen LogP contribution < -0.4 is 0 Å². The normalized spacial score (nSPS) is 15.0. The molecule has 0 bridgehead atoms. The van der Waals surface area contributed by atoms with E-state index in [9.17, 15) is 31.4 Å². The smallest absolute Gasteiger partial charge is 0.392 e. The van der Waals surface area contributed by atoms with Crippen LogP contribution in [0.15, 0.2) is 6.33 Å². The highest BCUT2D eigenvalue weighted by Crippen LogP contribution is 2.41. The lowest BCUT2D eigenvalue weighted by Gasteiger charge is -2.27. The summed E-state index contributed by atoms with van der Waals surface area (Å²) < 4.78 is 75.2. The van der Waals surface area contributed by atoms with Gasteiger partial charge in [0.25, 0.3) is 0 Å². The summed E-state index contributed by atoms with van der Waals surface area (Å²) in [6, 6.07) is 0. The lowest BCUT2D eigenvalue weighted by atomic mass is 9.98. The predicted octanol–water partition coefficient (Wildman–Crippen LogP) is 1.94. The first-order valence-corrected chi connectivity index (χ1v) is 5.25. The van der Waals surface area contributed by atoms with E-state index < -0.39 is 30.8 Å². The third kappa shape index (κ3) is 3.82. The van der Waals surface area contributed by atoms with Gasteiger partial charge in [0.05, 0.1) is 6.10 Å². The van der Waals surface area contributed by atoms with Crippen molar-refractivity contribution in [3.8, 4) is 0 Å². The second-order valence-electron chi connectivity index (χ2n) is 3.82. The van der Waals surface area contributed by atoms with Gasteiger partial charge in [-0.25, -0.2) is 4.98 Å². The van der Waals surface area contributed by atoms with Crippen LogP contribution in [0.1, 0.15) is 12.7 Å². The molecule has 1 heterocycles. The number of alkyl halides is 6. The molecule has 0 radical (unpaired) electrons. The summed E-state index contributed by atoms with van der Waals surface area (Å²) in [5.41, 5.74) is 0. The first-order valence-electron chi connectivity index (χ1n) is 5.25. The molecule has 10 heteroatoms. The number of nitrogens with zero attached hydrogens (tertiary/aromatic N) is 3. The summed E-state index contributed by atoms with van der Waals surface area (Å²) in [6.45, 7) is 1.82. The molecule has 1 N–H and O–H groups in total. The van der Waals surface area contributed by atoms with Crippen molar-refractivity contribution in [2.45, 2.75) is 38.3 Å². The highest BCUT2D eigenvalue weighted by molar-refractivity contribution is 4.92. The molecule has 1 atom stereocenters. The zero-order valence-electron chi connectivity index (χ0n) is 9.70. The summed E-state index contributed by atoms with van der Waals surface area (Å²) >= 11 is 0. The van der Waals surface area contributed by atoms with Crippen molar-refractivity contribution in [1.82, 2.24) is 14.8 Å². The van der Waals surface area contributed by atoms with Crippen molar-refractivity contribution in [2.75, 3.05) is 0 Å². The topological polar surface area (TPSA) is 50.9 Å². The first-order chi connectivity index (χ1) is 8.57. The molecule has 0 aliphatic carbocycles. The number of aromatic nitrogens is 3. The van der Waals surface area contributed by atoms with Crippen molar-refractivity contribution in [2.24, 2.45) is 5.92 Å². The van der Waals surface area contributed by atoms with E-state index in [0.717, 1.165) is 11.0 Å². The Morgan fingerprint density at radius 2 is 1.74 bits per heavy atom. The van der Waals surface area contributed by atoms with Gasteiger partial charge in [0.1, 0.15) is 12.2 Å². The molecule has 0 aliphatic heterocycles. The second-order valence-corrected chi connectivity index (χ2v) is 3.82. The summed E-state index contributed by atoms with van der Waals surface area (Å²) in [7, 11) is 0. The maximum Gasteiger partial charge on any atom is 0.403 e. The van der Waals surface area contributed by atoms with Crippen LogP contribution in [0, 0.1) is 5.92 Å². The Balaban J connectivity index is 2.93. The van der Waals surface area contributed by atoms with Gasteiger partial charge in [-0.05, 0) is 6.92 Å². The molecule has 0 spiro atoms. The zero-order valence-corrected chi connectivity index (χ0v) is 9.70. The van der Waals surface area contributed by atoms with Crippen LogP contribution in [0.3, 0.4) is 0 Å². The Morgan fingerprint density at radius 1 is 1.21 bits per heavy atom. The molecular formula is C9H11F6N3O. The summed E-state index contributed by atoms with van der Waals surface area (Å²) in [4.78, 5) is 3.53. The number of hydrogen-bond donors (Lipinski definition) is 1. The molecule has 0 saturated carbocycles. The van der Waals surface area contributed by atoms with Gasteiger partial charge in [0, 0.05) is 13.0 Å². The molecular weight excluding hydrogens is 280 g/mol.